The van der Waals surface area contributed by atoms with Gasteiger partial charge in [-0.25, -0.2) is 0 Å². The molecule has 1 atom stereocenters. The first kappa shape index (κ1) is 14.3. The molecule has 1 saturated heterocycles. The minimum atomic E-state index is -0.437. The number of carbonyl (C=O) groups excluding carboxylic acids is 1. The highest BCUT2D eigenvalue weighted by Crippen LogP contribution is 2.25. The van der Waals surface area contributed by atoms with Crippen LogP contribution in [0.3, 0.4) is 0 Å². The zero-order valence-corrected chi connectivity index (χ0v) is 12.2. The first-order valence-electron chi connectivity index (χ1n) is 5.96. The Kier molecular flexibility index (Phi) is 4.44. The quantitative estimate of drug-likeness (QED) is 0.882. The number of carbonyl (C=O) groups is 1. The van der Waals surface area contributed by atoms with Gasteiger partial charge < -0.3 is 19.9 Å². The normalized spacial score (nSPS) is 22.4. The molecule has 19 heavy (non-hydrogen) atoms. The number of hydrogen-bond acceptors (Lipinski definition) is 4. The van der Waals surface area contributed by atoms with Crippen LogP contribution in [0.15, 0.2) is 22.7 Å². The summed E-state index contributed by atoms with van der Waals surface area (Å²) in [6.45, 7) is 1.51. The summed E-state index contributed by atoms with van der Waals surface area (Å²) >= 11 is 3.17. The number of nitrogens with one attached hydrogen (secondary N) is 1. The predicted octanol–water partition coefficient (Wildman–Crippen LogP) is 1.69. The summed E-state index contributed by atoms with van der Waals surface area (Å²) in [6.07, 6.45) is 0.759. The average molecular weight is 330 g/mol. The van der Waals surface area contributed by atoms with Crippen molar-refractivity contribution in [1.82, 2.24) is 5.32 Å². The average Bonchev–Trinajstić information content (AvgIpc) is 2.89. The summed E-state index contributed by atoms with van der Waals surface area (Å²) in [7, 11) is 1.62. The number of halogens is 1. The standard InChI is InChI=1S/C13H16BrNO4/c1-18-13(4-5-19-8-13)7-15-12(17)9-2-3-10(14)11(16)6-9/h2-3,6,16H,4-5,7-8H2,1H3,(H,15,17). The van der Waals surface area contributed by atoms with E-state index < -0.39 is 5.60 Å². The van der Waals surface area contributed by atoms with Crippen molar-refractivity contribution < 1.29 is 19.4 Å². The zero-order chi connectivity index (χ0) is 13.9. The number of methoxy groups -OCH3 is 1. The maximum Gasteiger partial charge on any atom is 0.251 e. The van der Waals surface area contributed by atoms with Gasteiger partial charge in [-0.3, -0.25) is 4.79 Å². The zero-order valence-electron chi connectivity index (χ0n) is 10.6. The van der Waals surface area contributed by atoms with Gasteiger partial charge in [-0.15, -0.1) is 0 Å². The SMILES string of the molecule is COC1(CNC(=O)c2ccc(Br)c(O)c2)CCOC1. The third-order valence-corrected chi connectivity index (χ3v) is 3.95. The minimum Gasteiger partial charge on any atom is -0.507 e. The smallest absolute Gasteiger partial charge is 0.251 e. The molecule has 0 radical (unpaired) electrons. The summed E-state index contributed by atoms with van der Waals surface area (Å²) in [4.78, 5) is 12.0. The Morgan fingerprint density at radius 2 is 2.42 bits per heavy atom. The number of ether oxygens (including phenoxy) is 2. The highest BCUT2D eigenvalue weighted by molar-refractivity contribution is 9.10. The number of phenols is 1. The summed E-state index contributed by atoms with van der Waals surface area (Å²) in [5, 5.41) is 12.4. The van der Waals surface area contributed by atoms with Crippen molar-refractivity contribution in [3.05, 3.63) is 28.2 Å². The molecule has 1 aromatic carbocycles. The third-order valence-electron chi connectivity index (χ3n) is 3.28. The van der Waals surface area contributed by atoms with Crippen molar-refractivity contribution in [2.45, 2.75) is 12.0 Å². The highest BCUT2D eigenvalue weighted by atomic mass is 79.9. The Labute approximate surface area is 120 Å². The number of rotatable bonds is 4. The van der Waals surface area contributed by atoms with E-state index in [4.69, 9.17) is 9.47 Å². The van der Waals surface area contributed by atoms with Gasteiger partial charge in [-0.2, -0.15) is 0 Å². The Bertz CT molecular complexity index is 472. The van der Waals surface area contributed by atoms with Crippen LogP contribution in [0, 0.1) is 0 Å². The molecule has 2 N–H and O–H groups in total. The van der Waals surface area contributed by atoms with Crippen LogP contribution in [-0.2, 0) is 9.47 Å². The number of benzene rings is 1. The number of hydrogen-bond donors (Lipinski definition) is 2. The van der Waals surface area contributed by atoms with Gasteiger partial charge in [0.2, 0.25) is 0 Å². The van der Waals surface area contributed by atoms with Gasteiger partial charge in [0, 0.05) is 32.2 Å². The van der Waals surface area contributed by atoms with E-state index in [1.165, 1.54) is 6.07 Å². The largest absolute Gasteiger partial charge is 0.507 e. The molecule has 1 aliphatic heterocycles. The predicted molar refractivity (Wildman–Crippen MR) is 73.3 cm³/mol. The summed E-state index contributed by atoms with van der Waals surface area (Å²) < 4.78 is 11.3. The molecule has 2 rings (SSSR count). The van der Waals surface area contributed by atoms with E-state index >= 15 is 0 Å². The van der Waals surface area contributed by atoms with Crippen molar-refractivity contribution in [1.29, 1.82) is 0 Å². The van der Waals surface area contributed by atoms with Crippen molar-refractivity contribution >= 4 is 21.8 Å². The van der Waals surface area contributed by atoms with Gasteiger partial charge >= 0.3 is 0 Å². The molecule has 6 heteroatoms. The second-order valence-electron chi connectivity index (χ2n) is 4.54. The lowest BCUT2D eigenvalue weighted by molar-refractivity contribution is -0.0148. The number of aromatic hydroxyl groups is 1. The summed E-state index contributed by atoms with van der Waals surface area (Å²) in [5.74, 6) is -0.204. The molecular weight excluding hydrogens is 314 g/mol. The fourth-order valence-electron chi connectivity index (χ4n) is 1.96. The van der Waals surface area contributed by atoms with Crippen LogP contribution in [-0.4, -0.2) is 43.5 Å². The van der Waals surface area contributed by atoms with Gasteiger partial charge in [0.1, 0.15) is 11.4 Å². The van der Waals surface area contributed by atoms with Crippen molar-refractivity contribution in [3.63, 3.8) is 0 Å². The maximum absolute atomic E-state index is 12.0. The lowest BCUT2D eigenvalue weighted by Gasteiger charge is -2.25. The molecule has 1 aromatic rings. The molecule has 1 fully saturated rings. The maximum atomic E-state index is 12.0. The van der Waals surface area contributed by atoms with E-state index in [1.54, 1.807) is 19.2 Å². The Morgan fingerprint density at radius 1 is 1.63 bits per heavy atom. The van der Waals surface area contributed by atoms with Crippen molar-refractivity contribution in [2.24, 2.45) is 0 Å². The Hall–Kier alpha value is -1.11. The second-order valence-corrected chi connectivity index (χ2v) is 5.39. The van der Waals surface area contributed by atoms with Gasteiger partial charge in [0.05, 0.1) is 11.1 Å². The third kappa shape index (κ3) is 3.26. The van der Waals surface area contributed by atoms with E-state index in [1.807, 2.05) is 0 Å². The lowest BCUT2D eigenvalue weighted by atomic mass is 10.0. The first-order valence-corrected chi connectivity index (χ1v) is 6.75. The molecule has 1 aliphatic rings. The van der Waals surface area contributed by atoms with Gasteiger partial charge in [0.15, 0.2) is 0 Å². The van der Waals surface area contributed by atoms with E-state index in [9.17, 15) is 9.90 Å². The van der Waals surface area contributed by atoms with Crippen molar-refractivity contribution in [3.8, 4) is 5.75 Å². The molecule has 1 amide bonds. The highest BCUT2D eigenvalue weighted by Gasteiger charge is 2.35. The fourth-order valence-corrected chi connectivity index (χ4v) is 2.21. The molecule has 0 aromatic heterocycles. The Balaban J connectivity index is 1.99. The minimum absolute atomic E-state index is 0.0401. The summed E-state index contributed by atoms with van der Waals surface area (Å²) in [5.41, 5.74) is -0.0292. The first-order chi connectivity index (χ1) is 9.06. The van der Waals surface area contributed by atoms with Crippen LogP contribution in [0.25, 0.3) is 0 Å². The molecule has 0 saturated carbocycles. The number of phenolic OH excluding ortho intramolecular Hbond substituents is 1. The fraction of sp³-hybridized carbons (Fsp3) is 0.462. The molecule has 1 heterocycles. The monoisotopic (exact) mass is 329 g/mol. The second kappa shape index (κ2) is 5.90. The Morgan fingerprint density at radius 3 is 3.00 bits per heavy atom. The topological polar surface area (TPSA) is 67.8 Å². The van der Waals surface area contributed by atoms with E-state index in [0.29, 0.717) is 29.8 Å². The van der Waals surface area contributed by atoms with E-state index in [-0.39, 0.29) is 11.7 Å². The molecule has 0 aliphatic carbocycles. The van der Waals surface area contributed by atoms with E-state index in [0.717, 1.165) is 6.42 Å². The van der Waals surface area contributed by atoms with Gasteiger partial charge in [-0.1, -0.05) is 0 Å². The van der Waals surface area contributed by atoms with Crippen LogP contribution in [0.1, 0.15) is 16.8 Å². The molecule has 0 spiro atoms. The van der Waals surface area contributed by atoms with Gasteiger partial charge in [-0.05, 0) is 34.1 Å². The number of amides is 1. The van der Waals surface area contributed by atoms with Crippen molar-refractivity contribution in [2.75, 3.05) is 26.9 Å². The van der Waals surface area contributed by atoms with E-state index in [2.05, 4.69) is 21.2 Å². The van der Waals surface area contributed by atoms with Gasteiger partial charge in [0.25, 0.3) is 5.91 Å². The van der Waals surface area contributed by atoms with Crippen LogP contribution < -0.4 is 5.32 Å². The molecule has 0 bridgehead atoms. The van der Waals surface area contributed by atoms with Crippen LogP contribution in [0.5, 0.6) is 5.75 Å². The van der Waals surface area contributed by atoms with Crippen LogP contribution >= 0.6 is 15.9 Å². The van der Waals surface area contributed by atoms with Crippen LogP contribution in [0.2, 0.25) is 0 Å². The molecule has 104 valence electrons. The summed E-state index contributed by atoms with van der Waals surface area (Å²) in [6, 6.07) is 4.70. The molecule has 1 unspecified atom stereocenters. The lowest BCUT2D eigenvalue weighted by Crippen LogP contribution is -2.45. The molecular formula is C13H16BrNO4. The molecule has 5 nitrogen and oxygen atoms in total. The van der Waals surface area contributed by atoms with Crippen LogP contribution in [0.4, 0.5) is 0 Å².